The van der Waals surface area contributed by atoms with E-state index < -0.39 is 0 Å². The monoisotopic (exact) mass is 301 g/mol. The van der Waals surface area contributed by atoms with Crippen molar-refractivity contribution in [3.63, 3.8) is 0 Å². The molecule has 1 heterocycles. The van der Waals surface area contributed by atoms with E-state index in [-0.39, 0.29) is 11.4 Å². The van der Waals surface area contributed by atoms with Crippen molar-refractivity contribution in [1.82, 2.24) is 5.32 Å². The van der Waals surface area contributed by atoms with E-state index in [1.807, 2.05) is 6.07 Å². The standard InChI is InChI=1S/C13H17BrFNO/c1-13(3-2-4-17-9-13)16-8-10-5-11(14)7-12(15)6-10/h5-7,16H,2-4,8-9H2,1H3. The minimum Gasteiger partial charge on any atom is -0.380 e. The summed E-state index contributed by atoms with van der Waals surface area (Å²) in [5.74, 6) is -0.207. The predicted molar refractivity (Wildman–Crippen MR) is 69.4 cm³/mol. The molecule has 0 spiro atoms. The van der Waals surface area contributed by atoms with E-state index in [1.54, 1.807) is 6.07 Å². The first-order chi connectivity index (χ1) is 8.07. The van der Waals surface area contributed by atoms with E-state index in [0.717, 1.165) is 36.1 Å². The molecule has 1 aromatic rings. The molecule has 1 N–H and O–H groups in total. The van der Waals surface area contributed by atoms with Gasteiger partial charge in [-0.1, -0.05) is 15.9 Å². The minimum atomic E-state index is -0.207. The molecule has 1 aliphatic heterocycles. The second kappa shape index (κ2) is 5.46. The van der Waals surface area contributed by atoms with E-state index in [4.69, 9.17) is 4.74 Å². The molecule has 1 aromatic carbocycles. The Bertz CT molecular complexity index is 371. The Balaban J connectivity index is 1.96. The summed E-state index contributed by atoms with van der Waals surface area (Å²) in [6, 6.07) is 4.96. The normalized spacial score (nSPS) is 24.9. The lowest BCUT2D eigenvalue weighted by molar-refractivity contribution is 0.0278. The van der Waals surface area contributed by atoms with Crippen LogP contribution in [0.25, 0.3) is 0 Å². The van der Waals surface area contributed by atoms with Crippen molar-refractivity contribution in [2.75, 3.05) is 13.2 Å². The van der Waals surface area contributed by atoms with E-state index in [0.29, 0.717) is 6.54 Å². The number of halogens is 2. The van der Waals surface area contributed by atoms with Gasteiger partial charge in [-0.2, -0.15) is 0 Å². The molecular weight excluding hydrogens is 285 g/mol. The van der Waals surface area contributed by atoms with Crippen LogP contribution in [0.1, 0.15) is 25.3 Å². The Kier molecular flexibility index (Phi) is 4.17. The highest BCUT2D eigenvalue weighted by molar-refractivity contribution is 9.10. The van der Waals surface area contributed by atoms with Crippen LogP contribution in [0.15, 0.2) is 22.7 Å². The van der Waals surface area contributed by atoms with Gasteiger partial charge < -0.3 is 10.1 Å². The highest BCUT2D eigenvalue weighted by Gasteiger charge is 2.26. The van der Waals surface area contributed by atoms with Gasteiger partial charge in [0.05, 0.1) is 6.61 Å². The summed E-state index contributed by atoms with van der Waals surface area (Å²) in [4.78, 5) is 0. The van der Waals surface area contributed by atoms with Gasteiger partial charge in [-0.25, -0.2) is 4.39 Å². The van der Waals surface area contributed by atoms with Crippen LogP contribution in [-0.4, -0.2) is 18.8 Å². The molecule has 1 aliphatic rings. The van der Waals surface area contributed by atoms with Crippen LogP contribution in [0, 0.1) is 5.82 Å². The maximum atomic E-state index is 13.2. The lowest BCUT2D eigenvalue weighted by Gasteiger charge is -2.34. The third-order valence-electron chi connectivity index (χ3n) is 3.08. The Morgan fingerprint density at radius 3 is 2.94 bits per heavy atom. The molecule has 1 unspecified atom stereocenters. The Morgan fingerprint density at radius 1 is 1.47 bits per heavy atom. The Labute approximate surface area is 110 Å². The summed E-state index contributed by atoms with van der Waals surface area (Å²) in [7, 11) is 0. The smallest absolute Gasteiger partial charge is 0.124 e. The van der Waals surface area contributed by atoms with Crippen LogP contribution in [-0.2, 0) is 11.3 Å². The van der Waals surface area contributed by atoms with E-state index in [2.05, 4.69) is 28.2 Å². The van der Waals surface area contributed by atoms with Gasteiger partial charge >= 0.3 is 0 Å². The lowest BCUT2D eigenvalue weighted by Crippen LogP contribution is -2.48. The molecule has 0 amide bonds. The van der Waals surface area contributed by atoms with Crippen LogP contribution >= 0.6 is 15.9 Å². The van der Waals surface area contributed by atoms with Crippen molar-refractivity contribution in [2.24, 2.45) is 0 Å². The summed E-state index contributed by atoms with van der Waals surface area (Å²) < 4.78 is 19.5. The van der Waals surface area contributed by atoms with E-state index in [1.165, 1.54) is 6.07 Å². The molecule has 2 rings (SSSR count). The molecule has 0 radical (unpaired) electrons. The first-order valence-electron chi connectivity index (χ1n) is 5.85. The Hall–Kier alpha value is -0.450. The maximum Gasteiger partial charge on any atom is 0.124 e. The van der Waals surface area contributed by atoms with Crippen LogP contribution in [0.2, 0.25) is 0 Å². The molecule has 1 atom stereocenters. The molecule has 94 valence electrons. The van der Waals surface area contributed by atoms with Gasteiger partial charge in [-0.05, 0) is 43.5 Å². The van der Waals surface area contributed by atoms with Crippen LogP contribution in [0.3, 0.4) is 0 Å². The van der Waals surface area contributed by atoms with Crippen molar-refractivity contribution in [2.45, 2.75) is 31.8 Å². The molecule has 4 heteroatoms. The third kappa shape index (κ3) is 3.76. The van der Waals surface area contributed by atoms with Gasteiger partial charge in [0.25, 0.3) is 0 Å². The zero-order chi connectivity index (χ0) is 12.3. The first kappa shape index (κ1) is 13.0. The van der Waals surface area contributed by atoms with Crippen LogP contribution in [0.4, 0.5) is 4.39 Å². The molecule has 1 saturated heterocycles. The fraction of sp³-hybridized carbons (Fsp3) is 0.538. The molecule has 2 nitrogen and oxygen atoms in total. The molecule has 0 bridgehead atoms. The summed E-state index contributed by atoms with van der Waals surface area (Å²) in [6.45, 7) is 4.39. The van der Waals surface area contributed by atoms with Crippen molar-refractivity contribution in [3.8, 4) is 0 Å². The highest BCUT2D eigenvalue weighted by Crippen LogP contribution is 2.20. The first-order valence-corrected chi connectivity index (χ1v) is 6.64. The van der Waals surface area contributed by atoms with Crippen molar-refractivity contribution >= 4 is 15.9 Å². The van der Waals surface area contributed by atoms with Gasteiger partial charge in [-0.15, -0.1) is 0 Å². The number of hydrogen-bond acceptors (Lipinski definition) is 2. The highest BCUT2D eigenvalue weighted by atomic mass is 79.9. The lowest BCUT2D eigenvalue weighted by atomic mass is 9.94. The quantitative estimate of drug-likeness (QED) is 0.925. The van der Waals surface area contributed by atoms with Gasteiger partial charge in [0.1, 0.15) is 5.82 Å². The number of ether oxygens (including phenoxy) is 1. The van der Waals surface area contributed by atoms with Crippen molar-refractivity contribution in [3.05, 3.63) is 34.1 Å². The van der Waals surface area contributed by atoms with E-state index in [9.17, 15) is 4.39 Å². The molecule has 0 saturated carbocycles. The average molecular weight is 302 g/mol. The summed E-state index contributed by atoms with van der Waals surface area (Å²) in [5, 5.41) is 3.46. The summed E-state index contributed by atoms with van der Waals surface area (Å²) >= 11 is 3.30. The number of nitrogens with one attached hydrogen (secondary N) is 1. The van der Waals surface area contributed by atoms with Crippen molar-refractivity contribution < 1.29 is 9.13 Å². The summed E-state index contributed by atoms with van der Waals surface area (Å²) in [6.07, 6.45) is 2.18. The molecule has 17 heavy (non-hydrogen) atoms. The third-order valence-corrected chi connectivity index (χ3v) is 3.54. The molecule has 0 aromatic heterocycles. The number of benzene rings is 1. The molecular formula is C13H17BrFNO. The van der Waals surface area contributed by atoms with E-state index >= 15 is 0 Å². The SMILES string of the molecule is CC1(NCc2cc(F)cc(Br)c2)CCCOC1. The second-order valence-electron chi connectivity index (χ2n) is 4.85. The number of rotatable bonds is 3. The fourth-order valence-corrected chi connectivity index (χ4v) is 2.61. The Morgan fingerprint density at radius 2 is 2.29 bits per heavy atom. The maximum absolute atomic E-state index is 13.2. The molecule has 1 fully saturated rings. The van der Waals surface area contributed by atoms with Gasteiger partial charge in [0.2, 0.25) is 0 Å². The largest absolute Gasteiger partial charge is 0.380 e. The number of hydrogen-bond donors (Lipinski definition) is 1. The van der Waals surface area contributed by atoms with Crippen LogP contribution < -0.4 is 5.32 Å². The zero-order valence-corrected chi connectivity index (χ0v) is 11.5. The summed E-state index contributed by atoms with van der Waals surface area (Å²) in [5.41, 5.74) is 0.959. The topological polar surface area (TPSA) is 21.3 Å². The minimum absolute atomic E-state index is 0.0110. The predicted octanol–water partition coefficient (Wildman–Crippen LogP) is 3.25. The second-order valence-corrected chi connectivity index (χ2v) is 5.76. The molecule has 0 aliphatic carbocycles. The van der Waals surface area contributed by atoms with Gasteiger partial charge in [0.15, 0.2) is 0 Å². The van der Waals surface area contributed by atoms with Gasteiger partial charge in [-0.3, -0.25) is 0 Å². The zero-order valence-electron chi connectivity index (χ0n) is 9.93. The van der Waals surface area contributed by atoms with Gasteiger partial charge in [0, 0.05) is 23.2 Å². The fourth-order valence-electron chi connectivity index (χ4n) is 2.10. The average Bonchev–Trinajstić information content (AvgIpc) is 2.26. The van der Waals surface area contributed by atoms with Crippen LogP contribution in [0.5, 0.6) is 0 Å². The van der Waals surface area contributed by atoms with Crippen molar-refractivity contribution in [1.29, 1.82) is 0 Å².